The van der Waals surface area contributed by atoms with E-state index >= 15 is 0 Å². The van der Waals surface area contributed by atoms with Crippen LogP contribution >= 0.6 is 11.8 Å². The Labute approximate surface area is 209 Å². The van der Waals surface area contributed by atoms with Gasteiger partial charge < -0.3 is 5.11 Å². The van der Waals surface area contributed by atoms with Gasteiger partial charge in [-0.3, -0.25) is 19.0 Å². The third kappa shape index (κ3) is 5.83. The summed E-state index contributed by atoms with van der Waals surface area (Å²) in [5.74, 6) is -2.59. The summed E-state index contributed by atoms with van der Waals surface area (Å²) in [6, 6.07) is 25.6. The molecule has 0 aliphatic rings. The Balaban J connectivity index is 1.42. The number of aromatic nitrogens is 1. The first-order valence-electron chi connectivity index (χ1n) is 10.6. The first kappa shape index (κ1) is 24.4. The van der Waals surface area contributed by atoms with E-state index in [4.69, 9.17) is 0 Å². The van der Waals surface area contributed by atoms with E-state index < -0.39 is 23.6 Å². The van der Waals surface area contributed by atoms with Gasteiger partial charge in [0.05, 0.1) is 0 Å². The number of hydrogen-bond acceptors (Lipinski definition) is 7. The maximum atomic E-state index is 12.6. The summed E-state index contributed by atoms with van der Waals surface area (Å²) in [6.45, 7) is 0. The molecule has 0 saturated heterocycles. The molecule has 0 atom stereocenters. The fourth-order valence-electron chi connectivity index (χ4n) is 3.14. The van der Waals surface area contributed by atoms with Crippen molar-refractivity contribution in [3.8, 4) is 0 Å². The first-order chi connectivity index (χ1) is 17.4. The second-order valence-electron chi connectivity index (χ2n) is 7.37. The fourth-order valence-corrected chi connectivity index (χ4v) is 3.96. The number of carbonyl (C=O) groups excluding carboxylic acids is 3. The summed E-state index contributed by atoms with van der Waals surface area (Å²) in [5, 5.41) is 12.6. The number of nitrogens with zero attached hydrogens (tertiary/aromatic N) is 2. The van der Waals surface area contributed by atoms with Gasteiger partial charge in [0.1, 0.15) is 0 Å². The van der Waals surface area contributed by atoms with Gasteiger partial charge in [0, 0.05) is 38.9 Å². The average Bonchev–Trinajstić information content (AvgIpc) is 3.45. The number of rotatable bonds is 8. The molecular formula is C27H18N2O6S. The average molecular weight is 499 g/mol. The third-order valence-electron chi connectivity index (χ3n) is 4.95. The predicted octanol–water partition coefficient (Wildman–Crippen LogP) is 5.18. The Kier molecular flexibility index (Phi) is 7.52. The normalized spacial score (nSPS) is 11.1. The molecule has 0 unspecified atom stereocenters. The number of carboxylic acid groups (broad SMARTS) is 1. The SMILES string of the molecule is O=C(O)/C(=N\OC(=O)n1cccc1)C(=O)c1ccc(Sc2ccc(C(=O)c3ccccc3)cc2)cc1. The van der Waals surface area contributed by atoms with Gasteiger partial charge in [-0.1, -0.05) is 47.2 Å². The van der Waals surface area contributed by atoms with E-state index in [-0.39, 0.29) is 11.3 Å². The first-order valence-corrected chi connectivity index (χ1v) is 11.4. The number of oxime groups is 1. The van der Waals surface area contributed by atoms with Gasteiger partial charge in [0.2, 0.25) is 11.5 Å². The molecule has 0 fully saturated rings. The molecule has 36 heavy (non-hydrogen) atoms. The van der Waals surface area contributed by atoms with Crippen molar-refractivity contribution in [2.75, 3.05) is 0 Å². The van der Waals surface area contributed by atoms with Gasteiger partial charge >= 0.3 is 12.1 Å². The maximum Gasteiger partial charge on any atom is 0.444 e. The van der Waals surface area contributed by atoms with Crippen LogP contribution < -0.4 is 0 Å². The zero-order valence-electron chi connectivity index (χ0n) is 18.6. The smallest absolute Gasteiger partial charge is 0.444 e. The van der Waals surface area contributed by atoms with Crippen LogP contribution in [0.5, 0.6) is 0 Å². The number of carboxylic acids is 1. The van der Waals surface area contributed by atoms with Crippen LogP contribution in [-0.2, 0) is 9.63 Å². The fraction of sp³-hybridized carbons (Fsp3) is 0. The van der Waals surface area contributed by atoms with Crippen LogP contribution in [0.3, 0.4) is 0 Å². The van der Waals surface area contributed by atoms with E-state index in [0.717, 1.165) is 14.4 Å². The molecule has 0 bridgehead atoms. The highest BCUT2D eigenvalue weighted by Crippen LogP contribution is 2.28. The highest BCUT2D eigenvalue weighted by atomic mass is 32.2. The standard InChI is InChI=1S/C27H18N2O6S/c30-24(18-6-2-1-3-7-18)19-8-12-21(13-9-19)36-22-14-10-20(11-15-22)25(31)23(26(32)33)28-35-27(34)29-16-4-5-17-29/h1-17H,(H,32,33)/b28-23-. The second kappa shape index (κ2) is 11.1. The number of benzene rings is 3. The summed E-state index contributed by atoms with van der Waals surface area (Å²) in [4.78, 5) is 54.8. The van der Waals surface area contributed by atoms with Crippen molar-refractivity contribution < 1.29 is 29.1 Å². The second-order valence-corrected chi connectivity index (χ2v) is 8.51. The van der Waals surface area contributed by atoms with E-state index in [1.54, 1.807) is 48.5 Å². The van der Waals surface area contributed by atoms with Crippen LogP contribution in [0.2, 0.25) is 0 Å². The van der Waals surface area contributed by atoms with E-state index in [1.165, 1.54) is 36.3 Å². The minimum absolute atomic E-state index is 0.0649. The molecule has 0 aliphatic carbocycles. The van der Waals surface area contributed by atoms with Crippen LogP contribution in [0.25, 0.3) is 0 Å². The molecule has 0 saturated carbocycles. The molecule has 9 heteroatoms. The summed E-state index contributed by atoms with van der Waals surface area (Å²) < 4.78 is 1.05. The quantitative estimate of drug-likeness (QED) is 0.117. The van der Waals surface area contributed by atoms with Crippen molar-refractivity contribution in [3.63, 3.8) is 0 Å². The Hall–Kier alpha value is -4.76. The van der Waals surface area contributed by atoms with Gasteiger partial charge in [0.15, 0.2) is 5.78 Å². The maximum absolute atomic E-state index is 12.6. The van der Waals surface area contributed by atoms with Crippen molar-refractivity contribution in [2.24, 2.45) is 5.16 Å². The van der Waals surface area contributed by atoms with Crippen molar-refractivity contribution >= 4 is 41.1 Å². The minimum atomic E-state index is -1.62. The van der Waals surface area contributed by atoms with Crippen LogP contribution in [0.4, 0.5) is 4.79 Å². The number of hydrogen-bond donors (Lipinski definition) is 1. The van der Waals surface area contributed by atoms with E-state index in [2.05, 4.69) is 9.99 Å². The summed E-state index contributed by atoms with van der Waals surface area (Å²) >= 11 is 1.41. The van der Waals surface area contributed by atoms with Crippen LogP contribution in [0.15, 0.2) is 118 Å². The van der Waals surface area contributed by atoms with Gasteiger partial charge in [-0.2, -0.15) is 0 Å². The molecule has 1 N–H and O–H groups in total. The van der Waals surface area contributed by atoms with Crippen LogP contribution in [0, 0.1) is 0 Å². The lowest BCUT2D eigenvalue weighted by Gasteiger charge is -2.06. The van der Waals surface area contributed by atoms with Crippen molar-refractivity contribution in [2.45, 2.75) is 9.79 Å². The molecule has 0 amide bonds. The number of Topliss-reactive ketones (excluding diaryl/α,β-unsaturated/α-hetero) is 1. The lowest BCUT2D eigenvalue weighted by Crippen LogP contribution is -2.25. The lowest BCUT2D eigenvalue weighted by atomic mass is 10.0. The van der Waals surface area contributed by atoms with Gasteiger partial charge in [-0.15, -0.1) is 0 Å². The Morgan fingerprint density at radius 1 is 0.694 bits per heavy atom. The Morgan fingerprint density at radius 2 is 1.22 bits per heavy atom. The zero-order valence-corrected chi connectivity index (χ0v) is 19.4. The predicted molar refractivity (Wildman–Crippen MR) is 133 cm³/mol. The van der Waals surface area contributed by atoms with E-state index in [1.807, 2.05) is 30.3 Å². The molecule has 8 nitrogen and oxygen atoms in total. The number of aliphatic carboxylic acids is 1. The van der Waals surface area contributed by atoms with Gasteiger partial charge in [0.25, 0.3) is 0 Å². The lowest BCUT2D eigenvalue weighted by molar-refractivity contribution is -0.129. The van der Waals surface area contributed by atoms with Crippen molar-refractivity contribution in [1.29, 1.82) is 0 Å². The Morgan fingerprint density at radius 3 is 1.78 bits per heavy atom. The molecule has 0 radical (unpaired) electrons. The molecule has 1 aromatic heterocycles. The van der Waals surface area contributed by atoms with Crippen LogP contribution in [0.1, 0.15) is 26.3 Å². The molecule has 4 aromatic rings. The number of ketones is 2. The molecule has 4 rings (SSSR count). The Bertz CT molecular complexity index is 1430. The molecule has 0 spiro atoms. The number of carbonyl (C=O) groups is 4. The largest absolute Gasteiger partial charge is 0.476 e. The van der Waals surface area contributed by atoms with Crippen LogP contribution in [-0.4, -0.2) is 39.0 Å². The van der Waals surface area contributed by atoms with E-state index in [9.17, 15) is 24.3 Å². The van der Waals surface area contributed by atoms with Crippen molar-refractivity contribution in [3.05, 3.63) is 120 Å². The summed E-state index contributed by atoms with van der Waals surface area (Å²) in [7, 11) is 0. The van der Waals surface area contributed by atoms with Gasteiger partial charge in [-0.05, 0) is 60.7 Å². The summed E-state index contributed by atoms with van der Waals surface area (Å²) in [6.07, 6.45) is 1.84. The summed E-state index contributed by atoms with van der Waals surface area (Å²) in [5.41, 5.74) is 0.335. The van der Waals surface area contributed by atoms with Crippen molar-refractivity contribution in [1.82, 2.24) is 4.57 Å². The topological polar surface area (TPSA) is 115 Å². The third-order valence-corrected chi connectivity index (χ3v) is 5.97. The molecule has 0 aliphatic heterocycles. The highest BCUT2D eigenvalue weighted by molar-refractivity contribution is 7.99. The molecular weight excluding hydrogens is 480 g/mol. The molecule has 1 heterocycles. The highest BCUT2D eigenvalue weighted by Gasteiger charge is 2.23. The van der Waals surface area contributed by atoms with Gasteiger partial charge in [-0.25, -0.2) is 9.59 Å². The minimum Gasteiger partial charge on any atom is -0.476 e. The molecule has 178 valence electrons. The zero-order chi connectivity index (χ0) is 25.5. The van der Waals surface area contributed by atoms with E-state index in [0.29, 0.717) is 11.1 Å². The monoisotopic (exact) mass is 498 g/mol. The molecule has 3 aromatic carbocycles.